The molecule has 4 N–H and O–H groups in total. The standard InChI is InChI=1S/C79H136O16P2/c1-4-7-10-13-16-19-22-24-26-28-30-31-32-33-34-35-36-37-38-39-40-41-43-45-46-48-51-53-56-59-62-65-77(82)89-68-74(80)69-91-96(85,86)92-70-75(81)71-93-97(87,88)94-73-76(95-79(84)67-64-61-58-55-50-21-18-15-12-9-6-3)72-90-78(83)66-63-60-57-54-52-49-47-44-42-29-27-25-23-20-17-14-11-8-5-2/h7-8,10-11,15-20,24-27,30-31,33-34,42,44,74-76,80-81H,4-6,9,12-14,21-23,28-29,32,35-41,43,45-73H2,1-3H3,(H,85,86)(H,87,88)/b10-7-,11-8-,18-15-,19-16-,20-17-,26-24-,27-25-,31-30-,34-33-,44-42-. The quantitative estimate of drug-likeness (QED) is 0.0146. The van der Waals surface area contributed by atoms with Gasteiger partial charge in [0.15, 0.2) is 6.10 Å². The first-order chi connectivity index (χ1) is 47.2. The van der Waals surface area contributed by atoms with Crippen LogP contribution < -0.4 is 0 Å². The number of hydrogen-bond acceptors (Lipinski definition) is 14. The fourth-order valence-corrected chi connectivity index (χ4v) is 11.5. The molecule has 558 valence electrons. The maximum absolute atomic E-state index is 12.9. The highest BCUT2D eigenvalue weighted by Crippen LogP contribution is 2.45. The number of rotatable bonds is 71. The van der Waals surface area contributed by atoms with Gasteiger partial charge in [-0.25, -0.2) is 9.13 Å². The number of hydrogen-bond donors (Lipinski definition) is 4. The van der Waals surface area contributed by atoms with E-state index in [4.69, 9.17) is 32.3 Å². The molecule has 5 atom stereocenters. The SMILES string of the molecule is CC/C=C\C/C=C\C/C=C\C/C=C\C/C=C\CCCCCCCCCCCCCCCCCC(=O)OCC(O)COP(=O)(O)OCC(O)COP(=O)(O)OCC(COC(=O)CCCCCCCC/C=C\C/C=C\C/C=C\C/C=C\CC)OC(=O)CCCCCCC/C=C\CCCC. The Morgan fingerprint density at radius 2 is 0.546 bits per heavy atom. The van der Waals surface area contributed by atoms with Crippen molar-refractivity contribution in [2.75, 3.05) is 39.6 Å². The molecule has 0 aromatic rings. The predicted octanol–water partition coefficient (Wildman–Crippen LogP) is 21.8. The molecule has 0 saturated carbocycles. The molecular weight excluding hydrogens is 1270 g/mol. The Morgan fingerprint density at radius 3 is 0.876 bits per heavy atom. The zero-order chi connectivity index (χ0) is 70.9. The normalized spacial score (nSPS) is 14.8. The van der Waals surface area contributed by atoms with Gasteiger partial charge in [0.05, 0.1) is 26.4 Å². The highest BCUT2D eigenvalue weighted by Gasteiger charge is 2.29. The van der Waals surface area contributed by atoms with Crippen LogP contribution in [-0.2, 0) is 55.8 Å². The van der Waals surface area contributed by atoms with Crippen LogP contribution in [0.4, 0.5) is 0 Å². The number of ether oxygens (including phenoxy) is 3. The average molecular weight is 1400 g/mol. The van der Waals surface area contributed by atoms with Crippen LogP contribution in [0.2, 0.25) is 0 Å². The van der Waals surface area contributed by atoms with Crippen LogP contribution in [0.25, 0.3) is 0 Å². The fraction of sp³-hybridized carbons (Fsp3) is 0.709. The van der Waals surface area contributed by atoms with Crippen molar-refractivity contribution in [3.63, 3.8) is 0 Å². The van der Waals surface area contributed by atoms with E-state index < -0.39 is 91.5 Å². The first kappa shape index (κ1) is 93.0. The molecule has 5 unspecified atom stereocenters. The van der Waals surface area contributed by atoms with E-state index in [1.54, 1.807) is 0 Å². The fourth-order valence-electron chi connectivity index (χ4n) is 9.92. The van der Waals surface area contributed by atoms with Crippen molar-refractivity contribution in [2.24, 2.45) is 0 Å². The molecule has 0 bridgehead atoms. The van der Waals surface area contributed by atoms with E-state index in [2.05, 4.69) is 142 Å². The first-order valence-corrected chi connectivity index (χ1v) is 40.8. The topological polar surface area (TPSA) is 231 Å². The molecule has 97 heavy (non-hydrogen) atoms. The van der Waals surface area contributed by atoms with Crippen LogP contribution in [0.1, 0.15) is 303 Å². The van der Waals surface area contributed by atoms with Crippen molar-refractivity contribution < 1.29 is 75.8 Å². The summed E-state index contributed by atoms with van der Waals surface area (Å²) in [6.45, 7) is 2.39. The number of esters is 3. The molecule has 0 rings (SSSR count). The molecule has 0 heterocycles. The Balaban J connectivity index is 4.40. The summed E-state index contributed by atoms with van der Waals surface area (Å²) in [7, 11) is -9.78. The van der Waals surface area contributed by atoms with Gasteiger partial charge in [-0.1, -0.05) is 284 Å². The van der Waals surface area contributed by atoms with Crippen molar-refractivity contribution in [3.8, 4) is 0 Å². The molecule has 0 fully saturated rings. The van der Waals surface area contributed by atoms with Gasteiger partial charge in [0.2, 0.25) is 0 Å². The van der Waals surface area contributed by atoms with E-state index in [0.29, 0.717) is 19.3 Å². The van der Waals surface area contributed by atoms with Gasteiger partial charge in [0.1, 0.15) is 25.4 Å². The monoisotopic (exact) mass is 1400 g/mol. The van der Waals surface area contributed by atoms with Gasteiger partial charge in [-0.3, -0.25) is 32.5 Å². The van der Waals surface area contributed by atoms with E-state index in [0.717, 1.165) is 154 Å². The summed E-state index contributed by atoms with van der Waals surface area (Å²) in [6.07, 6.45) is 84.1. The number of phosphoric ester groups is 2. The van der Waals surface area contributed by atoms with Crippen molar-refractivity contribution >= 4 is 33.6 Å². The van der Waals surface area contributed by atoms with E-state index in [9.17, 15) is 43.5 Å². The lowest BCUT2D eigenvalue weighted by Crippen LogP contribution is -2.30. The van der Waals surface area contributed by atoms with Crippen LogP contribution in [0.15, 0.2) is 122 Å². The Hall–Kier alpha value is -4.05. The van der Waals surface area contributed by atoms with Crippen LogP contribution in [0, 0.1) is 0 Å². The van der Waals surface area contributed by atoms with Crippen LogP contribution in [-0.4, -0.2) is 95.9 Å². The molecule has 18 heteroatoms. The summed E-state index contributed by atoms with van der Waals surface area (Å²) in [5.74, 6) is -1.60. The second-order valence-electron chi connectivity index (χ2n) is 25.0. The third kappa shape index (κ3) is 73.0. The summed E-state index contributed by atoms with van der Waals surface area (Å²) in [6, 6.07) is 0. The molecule has 0 amide bonds. The number of carbonyl (C=O) groups is 3. The summed E-state index contributed by atoms with van der Waals surface area (Å²) >= 11 is 0. The molecule has 16 nitrogen and oxygen atoms in total. The number of carbonyl (C=O) groups excluding carboxylic acids is 3. The lowest BCUT2D eigenvalue weighted by atomic mass is 10.0. The lowest BCUT2D eigenvalue weighted by Gasteiger charge is -2.21. The minimum absolute atomic E-state index is 0.0895. The van der Waals surface area contributed by atoms with E-state index in [1.807, 2.05) is 0 Å². The predicted molar refractivity (Wildman–Crippen MR) is 399 cm³/mol. The molecule has 0 aliphatic heterocycles. The number of phosphoric acid groups is 2. The van der Waals surface area contributed by atoms with Crippen molar-refractivity contribution in [1.82, 2.24) is 0 Å². The molecule has 0 aliphatic rings. The Labute approximate surface area is 589 Å². The third-order valence-corrected chi connectivity index (χ3v) is 17.6. The number of aliphatic hydroxyl groups is 2. The molecular formula is C79H136O16P2. The van der Waals surface area contributed by atoms with E-state index >= 15 is 0 Å². The smallest absolute Gasteiger partial charge is 0.463 e. The summed E-state index contributed by atoms with van der Waals surface area (Å²) < 4.78 is 60.9. The molecule has 0 aromatic carbocycles. The molecule has 0 aromatic heterocycles. The summed E-state index contributed by atoms with van der Waals surface area (Å²) in [5, 5.41) is 20.6. The van der Waals surface area contributed by atoms with Gasteiger partial charge in [0.25, 0.3) is 0 Å². The van der Waals surface area contributed by atoms with E-state index in [-0.39, 0.29) is 19.3 Å². The number of unbranched alkanes of at least 4 members (excludes halogenated alkanes) is 28. The minimum atomic E-state index is -4.93. The minimum Gasteiger partial charge on any atom is -0.463 e. The van der Waals surface area contributed by atoms with Crippen molar-refractivity contribution in [3.05, 3.63) is 122 Å². The first-order valence-electron chi connectivity index (χ1n) is 37.8. The zero-order valence-electron chi connectivity index (χ0n) is 60.7. The van der Waals surface area contributed by atoms with Gasteiger partial charge in [-0.05, 0) is 122 Å². The Bertz CT molecular complexity index is 2250. The van der Waals surface area contributed by atoms with Gasteiger partial charge in [0, 0.05) is 19.3 Å². The van der Waals surface area contributed by atoms with Gasteiger partial charge < -0.3 is 34.2 Å². The largest absolute Gasteiger partial charge is 0.472 e. The van der Waals surface area contributed by atoms with Gasteiger partial charge in [-0.15, -0.1) is 0 Å². The second-order valence-corrected chi connectivity index (χ2v) is 27.9. The Morgan fingerprint density at radius 1 is 0.299 bits per heavy atom. The second kappa shape index (κ2) is 71.8. The highest BCUT2D eigenvalue weighted by atomic mass is 31.2. The van der Waals surface area contributed by atoms with Gasteiger partial charge >= 0.3 is 33.6 Å². The number of aliphatic hydroxyl groups excluding tert-OH is 2. The Kier molecular flexibility index (Phi) is 68.8. The average Bonchev–Trinajstić information content (AvgIpc) is 2.81. The maximum Gasteiger partial charge on any atom is 0.472 e. The van der Waals surface area contributed by atoms with Crippen molar-refractivity contribution in [1.29, 1.82) is 0 Å². The molecule has 0 aliphatic carbocycles. The summed E-state index contributed by atoms with van der Waals surface area (Å²) in [4.78, 5) is 58.4. The maximum atomic E-state index is 12.9. The molecule has 0 spiro atoms. The van der Waals surface area contributed by atoms with Gasteiger partial charge in [-0.2, -0.15) is 0 Å². The zero-order valence-corrected chi connectivity index (χ0v) is 62.5. The van der Waals surface area contributed by atoms with Crippen LogP contribution in [0.3, 0.4) is 0 Å². The van der Waals surface area contributed by atoms with E-state index in [1.165, 1.54) is 89.9 Å². The van der Waals surface area contributed by atoms with Crippen molar-refractivity contribution in [2.45, 2.75) is 322 Å². The lowest BCUT2D eigenvalue weighted by molar-refractivity contribution is -0.161. The molecule has 0 saturated heterocycles. The number of allylic oxidation sites excluding steroid dienone is 20. The third-order valence-electron chi connectivity index (χ3n) is 15.7. The van der Waals surface area contributed by atoms with Crippen LogP contribution in [0.5, 0.6) is 0 Å². The van der Waals surface area contributed by atoms with Crippen LogP contribution >= 0.6 is 15.6 Å². The highest BCUT2D eigenvalue weighted by molar-refractivity contribution is 7.47. The summed E-state index contributed by atoms with van der Waals surface area (Å²) in [5.41, 5.74) is 0. The molecule has 0 radical (unpaired) electrons.